The molecule has 0 spiro atoms. The zero-order chi connectivity index (χ0) is 10.6. The summed E-state index contributed by atoms with van der Waals surface area (Å²) in [6.45, 7) is 0. The highest BCUT2D eigenvalue weighted by Gasteiger charge is 2.04. The predicted molar refractivity (Wildman–Crippen MR) is 51.2 cm³/mol. The van der Waals surface area contributed by atoms with Crippen LogP contribution < -0.4 is 0 Å². The van der Waals surface area contributed by atoms with Crippen LogP contribution in [-0.2, 0) is 11.2 Å². The smallest absolute Gasteiger partial charge is 0.222 e. The Morgan fingerprint density at radius 3 is 2.71 bits per heavy atom. The SMILES string of the molecule is CN(C)C(=O)CCc1ccc(F)nc1. The first-order valence-electron chi connectivity index (χ1n) is 4.40. The first-order chi connectivity index (χ1) is 6.59. The highest BCUT2D eigenvalue weighted by molar-refractivity contribution is 5.75. The van der Waals surface area contributed by atoms with E-state index < -0.39 is 5.95 Å². The molecule has 0 aromatic carbocycles. The van der Waals surface area contributed by atoms with Crippen molar-refractivity contribution in [3.05, 3.63) is 29.8 Å². The lowest BCUT2D eigenvalue weighted by molar-refractivity contribution is -0.128. The highest BCUT2D eigenvalue weighted by Crippen LogP contribution is 2.03. The van der Waals surface area contributed by atoms with Crippen LogP contribution in [0.25, 0.3) is 0 Å². The van der Waals surface area contributed by atoms with Crippen LogP contribution in [0, 0.1) is 5.95 Å². The first-order valence-corrected chi connectivity index (χ1v) is 4.40. The van der Waals surface area contributed by atoms with Gasteiger partial charge in [0.15, 0.2) is 0 Å². The van der Waals surface area contributed by atoms with E-state index in [9.17, 15) is 9.18 Å². The number of carbonyl (C=O) groups excluding carboxylic acids is 1. The van der Waals surface area contributed by atoms with E-state index in [1.165, 1.54) is 17.2 Å². The Bertz CT molecular complexity index is 308. The second-order valence-electron chi connectivity index (χ2n) is 3.28. The summed E-state index contributed by atoms with van der Waals surface area (Å²) in [6.07, 6.45) is 2.49. The van der Waals surface area contributed by atoms with E-state index in [1.807, 2.05) is 0 Å². The van der Waals surface area contributed by atoms with Crippen molar-refractivity contribution in [3.63, 3.8) is 0 Å². The third-order valence-electron chi connectivity index (χ3n) is 1.91. The Labute approximate surface area is 82.6 Å². The van der Waals surface area contributed by atoms with Gasteiger partial charge in [0.2, 0.25) is 11.9 Å². The number of hydrogen-bond donors (Lipinski definition) is 0. The fourth-order valence-electron chi connectivity index (χ4n) is 1.03. The lowest BCUT2D eigenvalue weighted by Crippen LogP contribution is -2.21. The van der Waals surface area contributed by atoms with Crippen molar-refractivity contribution in [1.82, 2.24) is 9.88 Å². The molecule has 0 aliphatic heterocycles. The molecule has 76 valence electrons. The molecule has 0 atom stereocenters. The van der Waals surface area contributed by atoms with Crippen molar-refractivity contribution < 1.29 is 9.18 Å². The predicted octanol–water partition coefficient (Wildman–Crippen LogP) is 1.24. The molecule has 14 heavy (non-hydrogen) atoms. The fraction of sp³-hybridized carbons (Fsp3) is 0.400. The van der Waals surface area contributed by atoms with Crippen molar-refractivity contribution in [2.45, 2.75) is 12.8 Å². The van der Waals surface area contributed by atoms with Gasteiger partial charge in [-0.15, -0.1) is 0 Å². The van der Waals surface area contributed by atoms with Gasteiger partial charge in [0.25, 0.3) is 0 Å². The summed E-state index contributed by atoms with van der Waals surface area (Å²) in [4.78, 5) is 16.3. The van der Waals surface area contributed by atoms with Gasteiger partial charge in [0.05, 0.1) is 0 Å². The number of rotatable bonds is 3. The summed E-state index contributed by atoms with van der Waals surface area (Å²) in [5.74, 6) is -0.429. The van der Waals surface area contributed by atoms with E-state index >= 15 is 0 Å². The Hall–Kier alpha value is -1.45. The summed E-state index contributed by atoms with van der Waals surface area (Å²) in [6, 6.07) is 2.95. The van der Waals surface area contributed by atoms with E-state index in [0.29, 0.717) is 12.8 Å². The molecule has 4 heteroatoms. The monoisotopic (exact) mass is 196 g/mol. The normalized spacial score (nSPS) is 9.93. The number of pyridine rings is 1. The maximum atomic E-state index is 12.4. The van der Waals surface area contributed by atoms with Gasteiger partial charge in [-0.1, -0.05) is 6.07 Å². The maximum absolute atomic E-state index is 12.4. The van der Waals surface area contributed by atoms with Gasteiger partial charge >= 0.3 is 0 Å². The van der Waals surface area contributed by atoms with Crippen molar-refractivity contribution in [2.24, 2.45) is 0 Å². The summed E-state index contributed by atoms with van der Waals surface area (Å²) >= 11 is 0. The van der Waals surface area contributed by atoms with Gasteiger partial charge in [0.1, 0.15) is 0 Å². The van der Waals surface area contributed by atoms with Gasteiger partial charge in [-0.3, -0.25) is 4.79 Å². The molecule has 0 aliphatic rings. The minimum Gasteiger partial charge on any atom is -0.349 e. The van der Waals surface area contributed by atoms with Crippen LogP contribution in [0.4, 0.5) is 4.39 Å². The Kier molecular flexibility index (Phi) is 3.56. The number of amides is 1. The molecule has 0 saturated heterocycles. The minimum absolute atomic E-state index is 0.0642. The average molecular weight is 196 g/mol. The van der Waals surface area contributed by atoms with Crippen molar-refractivity contribution in [2.75, 3.05) is 14.1 Å². The number of halogens is 1. The van der Waals surface area contributed by atoms with Crippen molar-refractivity contribution in [3.8, 4) is 0 Å². The van der Waals surface area contributed by atoms with Crippen LogP contribution in [0.15, 0.2) is 18.3 Å². The van der Waals surface area contributed by atoms with E-state index in [1.54, 1.807) is 20.2 Å². The fourth-order valence-corrected chi connectivity index (χ4v) is 1.03. The molecule has 1 aromatic rings. The quantitative estimate of drug-likeness (QED) is 0.681. The molecular weight excluding hydrogens is 183 g/mol. The van der Waals surface area contributed by atoms with Crippen molar-refractivity contribution >= 4 is 5.91 Å². The maximum Gasteiger partial charge on any atom is 0.222 e. The van der Waals surface area contributed by atoms with Crippen LogP contribution >= 0.6 is 0 Å². The Balaban J connectivity index is 2.46. The number of aryl methyl sites for hydroxylation is 1. The molecule has 1 heterocycles. The highest BCUT2D eigenvalue weighted by atomic mass is 19.1. The molecule has 0 unspecified atom stereocenters. The largest absolute Gasteiger partial charge is 0.349 e. The zero-order valence-electron chi connectivity index (χ0n) is 8.33. The first kappa shape index (κ1) is 10.6. The van der Waals surface area contributed by atoms with E-state index in [4.69, 9.17) is 0 Å². The topological polar surface area (TPSA) is 33.2 Å². The molecule has 0 N–H and O–H groups in total. The summed E-state index contributed by atoms with van der Waals surface area (Å²) in [7, 11) is 3.43. The third kappa shape index (κ3) is 3.12. The van der Waals surface area contributed by atoms with Gasteiger partial charge in [0, 0.05) is 26.7 Å². The molecule has 0 bridgehead atoms. The summed E-state index contributed by atoms with van der Waals surface area (Å²) in [5, 5.41) is 0. The van der Waals surface area contributed by atoms with Gasteiger partial charge in [-0.05, 0) is 18.1 Å². The molecule has 0 radical (unpaired) electrons. The lowest BCUT2D eigenvalue weighted by atomic mass is 10.1. The minimum atomic E-state index is -0.493. The van der Waals surface area contributed by atoms with E-state index in [0.717, 1.165) is 5.56 Å². The Morgan fingerprint density at radius 1 is 1.50 bits per heavy atom. The van der Waals surface area contributed by atoms with E-state index in [-0.39, 0.29) is 5.91 Å². The van der Waals surface area contributed by atoms with Gasteiger partial charge in [-0.2, -0.15) is 4.39 Å². The zero-order valence-corrected chi connectivity index (χ0v) is 8.33. The van der Waals surface area contributed by atoms with Crippen molar-refractivity contribution in [1.29, 1.82) is 0 Å². The van der Waals surface area contributed by atoms with Crippen LogP contribution in [0.2, 0.25) is 0 Å². The second kappa shape index (κ2) is 4.69. The number of carbonyl (C=O) groups is 1. The summed E-state index contributed by atoms with van der Waals surface area (Å²) < 4.78 is 12.4. The molecule has 0 saturated carbocycles. The number of nitrogens with zero attached hydrogens (tertiary/aromatic N) is 2. The molecule has 1 rings (SSSR count). The number of aromatic nitrogens is 1. The molecule has 0 fully saturated rings. The van der Waals surface area contributed by atoms with Gasteiger partial charge in [-0.25, -0.2) is 4.98 Å². The Morgan fingerprint density at radius 2 is 2.21 bits per heavy atom. The third-order valence-corrected chi connectivity index (χ3v) is 1.91. The molecule has 1 amide bonds. The molecule has 1 aromatic heterocycles. The standard InChI is InChI=1S/C10H13FN2O/c1-13(2)10(14)6-4-8-3-5-9(11)12-7-8/h3,5,7H,4,6H2,1-2H3. The van der Waals surface area contributed by atoms with Gasteiger partial charge < -0.3 is 4.90 Å². The van der Waals surface area contributed by atoms with Crippen LogP contribution in [0.1, 0.15) is 12.0 Å². The van der Waals surface area contributed by atoms with E-state index in [2.05, 4.69) is 4.98 Å². The second-order valence-corrected chi connectivity index (χ2v) is 3.28. The number of hydrogen-bond acceptors (Lipinski definition) is 2. The molecule has 3 nitrogen and oxygen atoms in total. The molecular formula is C10H13FN2O. The molecule has 0 aliphatic carbocycles. The van der Waals surface area contributed by atoms with Crippen LogP contribution in [0.5, 0.6) is 0 Å². The average Bonchev–Trinajstić information content (AvgIpc) is 2.16. The summed E-state index contributed by atoms with van der Waals surface area (Å²) in [5.41, 5.74) is 0.876. The van der Waals surface area contributed by atoms with Crippen LogP contribution in [-0.4, -0.2) is 29.9 Å². The lowest BCUT2D eigenvalue weighted by Gasteiger charge is -2.09. The van der Waals surface area contributed by atoms with Crippen LogP contribution in [0.3, 0.4) is 0 Å².